The smallest absolute Gasteiger partial charge is 0.240 e. The van der Waals surface area contributed by atoms with Gasteiger partial charge in [0.25, 0.3) is 0 Å². The first-order valence-electron chi connectivity index (χ1n) is 11.0. The van der Waals surface area contributed by atoms with E-state index in [9.17, 15) is 21.6 Å². The summed E-state index contributed by atoms with van der Waals surface area (Å²) in [6, 6.07) is 9.55. The van der Waals surface area contributed by atoms with Gasteiger partial charge >= 0.3 is 0 Å². The summed E-state index contributed by atoms with van der Waals surface area (Å²) in [5.74, 6) is -3.69. The fourth-order valence-corrected chi connectivity index (χ4v) is 4.98. The molecule has 1 aromatic heterocycles. The van der Waals surface area contributed by atoms with Crippen molar-refractivity contribution in [3.05, 3.63) is 71.7 Å². The van der Waals surface area contributed by atoms with E-state index in [1.54, 1.807) is 24.3 Å². The van der Waals surface area contributed by atoms with Crippen molar-refractivity contribution >= 4 is 27.5 Å². The number of rotatable bonds is 8. The Morgan fingerprint density at radius 3 is 2.34 bits per heavy atom. The third-order valence-corrected chi connectivity index (χ3v) is 7.17. The molecule has 4 rings (SSSR count). The lowest BCUT2D eigenvalue weighted by Crippen LogP contribution is -2.43. The Kier molecular flexibility index (Phi) is 7.53. The molecule has 2 heterocycles. The fraction of sp³-hybridized carbons (Fsp3) is 0.304. The molecule has 0 saturated carbocycles. The molecule has 3 aromatic rings. The first-order chi connectivity index (χ1) is 16.7. The summed E-state index contributed by atoms with van der Waals surface area (Å²) in [6.07, 6.45) is 2.99. The predicted octanol–water partition coefficient (Wildman–Crippen LogP) is 3.62. The normalized spacial score (nSPS) is 15.2. The molecule has 1 aliphatic heterocycles. The molecule has 0 bridgehead atoms. The number of aromatic nitrogens is 2. The van der Waals surface area contributed by atoms with Crippen LogP contribution in [0.15, 0.2) is 53.6 Å². The summed E-state index contributed by atoms with van der Waals surface area (Å²) >= 11 is 0. The van der Waals surface area contributed by atoms with Crippen molar-refractivity contribution < 1.29 is 21.6 Å². The minimum absolute atomic E-state index is 0.00305. The summed E-state index contributed by atoms with van der Waals surface area (Å²) in [4.78, 5) is 10.7. The Bertz CT molecular complexity index is 1260. The maximum absolute atomic E-state index is 13.4. The van der Waals surface area contributed by atoms with Gasteiger partial charge in [-0.05, 0) is 56.7 Å². The number of sulfonamides is 1. The third-order valence-electron chi connectivity index (χ3n) is 5.64. The van der Waals surface area contributed by atoms with Crippen LogP contribution in [-0.2, 0) is 16.6 Å². The van der Waals surface area contributed by atoms with E-state index >= 15 is 0 Å². The van der Waals surface area contributed by atoms with E-state index in [-0.39, 0.29) is 28.4 Å². The van der Waals surface area contributed by atoms with E-state index in [1.807, 2.05) is 7.05 Å². The Hall–Kier alpha value is -3.22. The highest BCUT2D eigenvalue weighted by Gasteiger charge is 2.23. The number of anilines is 3. The lowest BCUT2D eigenvalue weighted by molar-refractivity contribution is 0.248. The second-order valence-electron chi connectivity index (χ2n) is 8.34. The van der Waals surface area contributed by atoms with Crippen molar-refractivity contribution in [3.8, 4) is 0 Å². The van der Waals surface area contributed by atoms with Gasteiger partial charge in [0, 0.05) is 36.6 Å². The van der Waals surface area contributed by atoms with Crippen LogP contribution in [0.3, 0.4) is 0 Å². The second-order valence-corrected chi connectivity index (χ2v) is 10.1. The number of halogens is 3. The maximum atomic E-state index is 13.4. The molecule has 0 atom stereocenters. The van der Waals surface area contributed by atoms with E-state index in [1.165, 1.54) is 12.3 Å². The molecule has 8 nitrogen and oxygen atoms in total. The highest BCUT2D eigenvalue weighted by atomic mass is 32.2. The molecule has 0 unspecified atom stereocenters. The summed E-state index contributed by atoms with van der Waals surface area (Å²) in [6.45, 7) is 2.02. The van der Waals surface area contributed by atoms with Crippen molar-refractivity contribution in [2.45, 2.75) is 30.3 Å². The molecule has 186 valence electrons. The molecule has 1 fully saturated rings. The van der Waals surface area contributed by atoms with Gasteiger partial charge in [0.15, 0.2) is 17.5 Å². The first kappa shape index (κ1) is 24.9. The van der Waals surface area contributed by atoms with E-state index in [0.717, 1.165) is 43.6 Å². The van der Waals surface area contributed by atoms with E-state index in [2.05, 4.69) is 30.2 Å². The van der Waals surface area contributed by atoms with Gasteiger partial charge in [-0.25, -0.2) is 31.3 Å². The number of hydrogen-bond acceptors (Lipinski definition) is 7. The molecular weight excluding hydrogens is 481 g/mol. The zero-order valence-corrected chi connectivity index (χ0v) is 19.7. The molecule has 1 aliphatic rings. The van der Waals surface area contributed by atoms with Gasteiger partial charge in [-0.15, -0.1) is 0 Å². The van der Waals surface area contributed by atoms with E-state index in [4.69, 9.17) is 0 Å². The van der Waals surface area contributed by atoms with Gasteiger partial charge in [-0.1, -0.05) is 12.1 Å². The van der Waals surface area contributed by atoms with Crippen LogP contribution >= 0.6 is 0 Å². The van der Waals surface area contributed by atoms with Crippen LogP contribution in [0.5, 0.6) is 0 Å². The van der Waals surface area contributed by atoms with Crippen molar-refractivity contribution in [2.75, 3.05) is 30.8 Å². The quantitative estimate of drug-likeness (QED) is 0.402. The molecule has 35 heavy (non-hydrogen) atoms. The van der Waals surface area contributed by atoms with Crippen molar-refractivity contribution in [2.24, 2.45) is 0 Å². The highest BCUT2D eigenvalue weighted by molar-refractivity contribution is 7.89. The van der Waals surface area contributed by atoms with E-state index < -0.39 is 27.5 Å². The SMILES string of the molecule is CN1CCC(NS(=O)(=O)c2ccc(CNc3nccc(Nc4cc(F)c(F)c(F)c4)n3)cc2)CC1. The molecule has 12 heteroatoms. The topological polar surface area (TPSA) is 99.3 Å². The maximum Gasteiger partial charge on any atom is 0.240 e. The third kappa shape index (κ3) is 6.47. The van der Waals surface area contributed by atoms with E-state index in [0.29, 0.717) is 6.54 Å². The van der Waals surface area contributed by atoms with Gasteiger partial charge in [0.05, 0.1) is 4.90 Å². The number of piperidine rings is 1. The second kappa shape index (κ2) is 10.6. The molecule has 2 aromatic carbocycles. The molecule has 1 saturated heterocycles. The zero-order valence-electron chi connectivity index (χ0n) is 18.9. The molecule has 0 amide bonds. The minimum atomic E-state index is -3.60. The van der Waals surface area contributed by atoms with Crippen molar-refractivity contribution in [1.29, 1.82) is 0 Å². The Labute approximate surface area is 201 Å². The van der Waals surface area contributed by atoms with Crippen LogP contribution in [0.25, 0.3) is 0 Å². The standard InChI is InChI=1S/C23H25F3N6O2S/c1-32-10-7-16(8-11-32)31-35(33,34)18-4-2-15(3-5-18)14-28-23-27-9-6-21(30-23)29-17-12-19(24)22(26)20(25)13-17/h2-6,9,12-13,16,31H,7-8,10-11,14H2,1H3,(H2,27,28,29,30). The number of nitrogens with one attached hydrogen (secondary N) is 3. The number of likely N-dealkylation sites (tertiary alicyclic amines) is 1. The van der Waals surface area contributed by atoms with Crippen LogP contribution in [-0.4, -0.2) is 49.5 Å². The zero-order chi connectivity index (χ0) is 25.0. The Balaban J connectivity index is 1.35. The summed E-state index contributed by atoms with van der Waals surface area (Å²) in [5, 5.41) is 5.70. The summed E-state index contributed by atoms with van der Waals surface area (Å²) < 4.78 is 68.1. The monoisotopic (exact) mass is 506 g/mol. The Morgan fingerprint density at radius 1 is 1.03 bits per heavy atom. The largest absolute Gasteiger partial charge is 0.350 e. The van der Waals surface area contributed by atoms with Gasteiger partial charge in [0.2, 0.25) is 16.0 Å². The van der Waals surface area contributed by atoms with Gasteiger partial charge < -0.3 is 15.5 Å². The van der Waals surface area contributed by atoms with Gasteiger partial charge in [0.1, 0.15) is 5.82 Å². The average Bonchev–Trinajstić information content (AvgIpc) is 2.83. The van der Waals surface area contributed by atoms with Crippen LogP contribution in [0.1, 0.15) is 18.4 Å². The Morgan fingerprint density at radius 2 is 1.69 bits per heavy atom. The van der Waals surface area contributed by atoms with Crippen LogP contribution < -0.4 is 15.4 Å². The lowest BCUT2D eigenvalue weighted by atomic mass is 10.1. The van der Waals surface area contributed by atoms with Crippen molar-refractivity contribution in [3.63, 3.8) is 0 Å². The number of nitrogens with zero attached hydrogens (tertiary/aromatic N) is 3. The number of hydrogen-bond donors (Lipinski definition) is 3. The van der Waals surface area contributed by atoms with Crippen LogP contribution in [0.2, 0.25) is 0 Å². The predicted molar refractivity (Wildman–Crippen MR) is 126 cm³/mol. The summed E-state index contributed by atoms with van der Waals surface area (Å²) in [5.41, 5.74) is 0.796. The molecule has 0 aliphatic carbocycles. The number of benzene rings is 2. The molecular formula is C23H25F3N6O2S. The van der Waals surface area contributed by atoms with Crippen LogP contribution in [0, 0.1) is 17.5 Å². The molecule has 3 N–H and O–H groups in total. The van der Waals surface area contributed by atoms with Crippen LogP contribution in [0.4, 0.5) is 30.6 Å². The summed E-state index contributed by atoms with van der Waals surface area (Å²) in [7, 11) is -1.59. The molecule has 0 spiro atoms. The average molecular weight is 507 g/mol. The first-order valence-corrected chi connectivity index (χ1v) is 12.5. The van der Waals surface area contributed by atoms with Crippen molar-refractivity contribution in [1.82, 2.24) is 19.6 Å². The fourth-order valence-electron chi connectivity index (χ4n) is 3.67. The highest BCUT2D eigenvalue weighted by Crippen LogP contribution is 2.21. The molecule has 0 radical (unpaired) electrons. The minimum Gasteiger partial charge on any atom is -0.350 e. The lowest BCUT2D eigenvalue weighted by Gasteiger charge is -2.29. The van der Waals surface area contributed by atoms with Gasteiger partial charge in [-0.3, -0.25) is 0 Å². The van der Waals surface area contributed by atoms with Gasteiger partial charge in [-0.2, -0.15) is 4.98 Å².